The molecular formula is C14H20N2O2. The highest BCUT2D eigenvalue weighted by molar-refractivity contribution is 5.94. The van der Waals surface area contributed by atoms with Gasteiger partial charge in [0.2, 0.25) is 0 Å². The number of morpholine rings is 1. The molecule has 1 aromatic carbocycles. The van der Waals surface area contributed by atoms with E-state index in [2.05, 4.69) is 17.3 Å². The molecule has 0 aromatic heterocycles. The number of rotatable bonds is 3. The Bertz CT molecular complexity index is 403. The highest BCUT2D eigenvalue weighted by Crippen LogP contribution is 2.04. The lowest BCUT2D eigenvalue weighted by molar-refractivity contribution is -0.0175. The van der Waals surface area contributed by atoms with Crippen LogP contribution in [0.5, 0.6) is 0 Å². The van der Waals surface area contributed by atoms with E-state index >= 15 is 0 Å². The van der Waals surface area contributed by atoms with Crippen molar-refractivity contribution in [2.45, 2.75) is 13.0 Å². The summed E-state index contributed by atoms with van der Waals surface area (Å²) in [6, 6.07) is 7.58. The first-order valence-electron chi connectivity index (χ1n) is 6.30. The number of ether oxygens (including phenoxy) is 1. The van der Waals surface area contributed by atoms with Crippen LogP contribution in [-0.4, -0.2) is 50.2 Å². The van der Waals surface area contributed by atoms with Crippen molar-refractivity contribution in [2.24, 2.45) is 0 Å². The number of benzene rings is 1. The third-order valence-corrected chi connectivity index (χ3v) is 3.15. The first-order chi connectivity index (χ1) is 8.65. The number of aryl methyl sites for hydroxylation is 1. The van der Waals surface area contributed by atoms with Crippen LogP contribution in [0.1, 0.15) is 15.9 Å². The highest BCUT2D eigenvalue weighted by Gasteiger charge is 2.18. The third-order valence-electron chi connectivity index (χ3n) is 3.15. The maximum atomic E-state index is 11.9. The standard InChI is InChI=1S/C14H20N2O2/c1-11-3-5-12(6-4-11)14(17)15-9-13-10-16(2)7-8-18-13/h3-6,13H,7-10H2,1-2H3,(H,15,17). The van der Waals surface area contributed by atoms with Gasteiger partial charge >= 0.3 is 0 Å². The summed E-state index contributed by atoms with van der Waals surface area (Å²) in [5.74, 6) is -0.0353. The maximum absolute atomic E-state index is 11.9. The number of nitrogens with zero attached hydrogens (tertiary/aromatic N) is 1. The lowest BCUT2D eigenvalue weighted by Gasteiger charge is -2.30. The van der Waals surface area contributed by atoms with Gasteiger partial charge in [0.15, 0.2) is 0 Å². The second-order valence-electron chi connectivity index (χ2n) is 4.83. The number of hydrogen-bond acceptors (Lipinski definition) is 3. The smallest absolute Gasteiger partial charge is 0.251 e. The molecule has 1 saturated heterocycles. The van der Waals surface area contributed by atoms with Crippen molar-refractivity contribution in [3.63, 3.8) is 0 Å². The Hall–Kier alpha value is -1.39. The van der Waals surface area contributed by atoms with Crippen LogP contribution in [0.4, 0.5) is 0 Å². The summed E-state index contributed by atoms with van der Waals surface area (Å²) in [6.45, 7) is 5.14. The van der Waals surface area contributed by atoms with Crippen molar-refractivity contribution in [3.8, 4) is 0 Å². The number of likely N-dealkylation sites (N-methyl/N-ethyl adjacent to an activating group) is 1. The van der Waals surface area contributed by atoms with Crippen molar-refractivity contribution in [3.05, 3.63) is 35.4 Å². The molecule has 1 heterocycles. The molecule has 1 aliphatic heterocycles. The molecule has 1 aromatic rings. The molecule has 98 valence electrons. The van der Waals surface area contributed by atoms with Gasteiger partial charge in [0.25, 0.3) is 5.91 Å². The molecule has 1 atom stereocenters. The van der Waals surface area contributed by atoms with E-state index < -0.39 is 0 Å². The molecule has 4 heteroatoms. The number of amides is 1. The fourth-order valence-electron chi connectivity index (χ4n) is 2.00. The summed E-state index contributed by atoms with van der Waals surface area (Å²) in [5.41, 5.74) is 1.86. The molecule has 0 saturated carbocycles. The largest absolute Gasteiger partial charge is 0.374 e. The van der Waals surface area contributed by atoms with Crippen LogP contribution in [0.25, 0.3) is 0 Å². The van der Waals surface area contributed by atoms with E-state index in [0.29, 0.717) is 12.1 Å². The van der Waals surface area contributed by atoms with Crippen LogP contribution in [0, 0.1) is 6.92 Å². The van der Waals surface area contributed by atoms with E-state index in [1.807, 2.05) is 31.2 Å². The number of carbonyl (C=O) groups is 1. The highest BCUT2D eigenvalue weighted by atomic mass is 16.5. The van der Waals surface area contributed by atoms with Gasteiger partial charge in [-0.15, -0.1) is 0 Å². The van der Waals surface area contributed by atoms with E-state index in [4.69, 9.17) is 4.74 Å². The van der Waals surface area contributed by atoms with Crippen LogP contribution in [0.3, 0.4) is 0 Å². The van der Waals surface area contributed by atoms with Gasteiger partial charge in [-0.25, -0.2) is 0 Å². The minimum Gasteiger partial charge on any atom is -0.374 e. The summed E-state index contributed by atoms with van der Waals surface area (Å²) < 4.78 is 5.60. The Morgan fingerprint density at radius 1 is 1.44 bits per heavy atom. The predicted octanol–water partition coefficient (Wildman–Crippen LogP) is 1.06. The Morgan fingerprint density at radius 2 is 2.17 bits per heavy atom. The zero-order valence-electron chi connectivity index (χ0n) is 11.0. The average Bonchev–Trinajstić information content (AvgIpc) is 2.37. The molecule has 1 fully saturated rings. The molecule has 1 N–H and O–H groups in total. The fourth-order valence-corrected chi connectivity index (χ4v) is 2.00. The van der Waals surface area contributed by atoms with E-state index in [1.54, 1.807) is 0 Å². The first-order valence-corrected chi connectivity index (χ1v) is 6.30. The monoisotopic (exact) mass is 248 g/mol. The van der Waals surface area contributed by atoms with E-state index in [1.165, 1.54) is 0 Å². The minimum absolute atomic E-state index is 0.0353. The Balaban J connectivity index is 1.82. The van der Waals surface area contributed by atoms with Gasteiger partial charge in [-0.3, -0.25) is 4.79 Å². The third kappa shape index (κ3) is 3.55. The second-order valence-corrected chi connectivity index (χ2v) is 4.83. The summed E-state index contributed by atoms with van der Waals surface area (Å²) in [4.78, 5) is 14.1. The zero-order valence-corrected chi connectivity index (χ0v) is 11.0. The van der Waals surface area contributed by atoms with Gasteiger partial charge in [0.05, 0.1) is 12.7 Å². The molecule has 0 aliphatic carbocycles. The van der Waals surface area contributed by atoms with E-state index in [9.17, 15) is 4.79 Å². The van der Waals surface area contributed by atoms with Crippen molar-refractivity contribution in [1.82, 2.24) is 10.2 Å². The average molecular weight is 248 g/mol. The summed E-state index contributed by atoms with van der Waals surface area (Å²) >= 11 is 0. The molecule has 0 spiro atoms. The number of carbonyl (C=O) groups excluding carboxylic acids is 1. The van der Waals surface area contributed by atoms with Gasteiger partial charge in [-0.05, 0) is 26.1 Å². The van der Waals surface area contributed by atoms with Crippen LogP contribution < -0.4 is 5.32 Å². The second kappa shape index (κ2) is 5.98. The maximum Gasteiger partial charge on any atom is 0.251 e. The fraction of sp³-hybridized carbons (Fsp3) is 0.500. The lowest BCUT2D eigenvalue weighted by atomic mass is 10.1. The summed E-state index contributed by atoms with van der Waals surface area (Å²) in [5, 5.41) is 2.92. The molecule has 4 nitrogen and oxygen atoms in total. The van der Waals surface area contributed by atoms with Gasteiger partial charge < -0.3 is 15.0 Å². The van der Waals surface area contributed by atoms with Gasteiger partial charge in [0, 0.05) is 25.2 Å². The van der Waals surface area contributed by atoms with Gasteiger partial charge in [0.1, 0.15) is 0 Å². The quantitative estimate of drug-likeness (QED) is 0.869. The van der Waals surface area contributed by atoms with Crippen molar-refractivity contribution in [2.75, 3.05) is 33.3 Å². The topological polar surface area (TPSA) is 41.6 Å². The number of hydrogen-bond donors (Lipinski definition) is 1. The normalized spacial score (nSPS) is 20.7. The van der Waals surface area contributed by atoms with Crippen molar-refractivity contribution >= 4 is 5.91 Å². The summed E-state index contributed by atoms with van der Waals surface area (Å²) in [6.07, 6.45) is 0.0955. The molecule has 0 bridgehead atoms. The number of nitrogens with one attached hydrogen (secondary N) is 1. The molecule has 1 unspecified atom stereocenters. The van der Waals surface area contributed by atoms with Crippen molar-refractivity contribution in [1.29, 1.82) is 0 Å². The van der Waals surface area contributed by atoms with E-state index in [-0.39, 0.29) is 12.0 Å². The molecule has 1 amide bonds. The predicted molar refractivity (Wildman–Crippen MR) is 70.7 cm³/mol. The van der Waals surface area contributed by atoms with Gasteiger partial charge in [-0.2, -0.15) is 0 Å². The molecular weight excluding hydrogens is 228 g/mol. The van der Waals surface area contributed by atoms with Crippen LogP contribution >= 0.6 is 0 Å². The van der Waals surface area contributed by atoms with E-state index in [0.717, 1.165) is 25.3 Å². The molecule has 0 radical (unpaired) electrons. The van der Waals surface area contributed by atoms with Crippen LogP contribution in [0.15, 0.2) is 24.3 Å². The lowest BCUT2D eigenvalue weighted by Crippen LogP contribution is -2.45. The molecule has 1 aliphatic rings. The Kier molecular flexibility index (Phi) is 4.33. The van der Waals surface area contributed by atoms with Crippen LogP contribution in [0.2, 0.25) is 0 Å². The molecule has 2 rings (SSSR count). The van der Waals surface area contributed by atoms with Gasteiger partial charge in [-0.1, -0.05) is 17.7 Å². The minimum atomic E-state index is -0.0353. The Labute approximate surface area is 108 Å². The summed E-state index contributed by atoms with van der Waals surface area (Å²) in [7, 11) is 2.07. The SMILES string of the molecule is Cc1ccc(C(=O)NCC2CN(C)CCO2)cc1. The first kappa shape index (κ1) is 13.1. The Morgan fingerprint density at radius 3 is 2.83 bits per heavy atom. The van der Waals surface area contributed by atoms with Crippen LogP contribution in [-0.2, 0) is 4.74 Å². The molecule has 18 heavy (non-hydrogen) atoms. The van der Waals surface area contributed by atoms with Crippen molar-refractivity contribution < 1.29 is 9.53 Å². The zero-order chi connectivity index (χ0) is 13.0.